The van der Waals surface area contributed by atoms with Gasteiger partial charge < -0.3 is 5.32 Å². The molecule has 1 atom stereocenters. The summed E-state index contributed by atoms with van der Waals surface area (Å²) in [6.45, 7) is 12.8. The number of hydrogen-bond donors (Lipinski definition) is 1. The van der Waals surface area contributed by atoms with Crippen molar-refractivity contribution in [1.82, 2.24) is 5.32 Å². The summed E-state index contributed by atoms with van der Waals surface area (Å²) in [7, 11) is 0. The van der Waals surface area contributed by atoms with Gasteiger partial charge in [-0.3, -0.25) is 0 Å². The second-order valence-corrected chi connectivity index (χ2v) is 7.56. The molecule has 3 rings (SSSR count). The highest BCUT2D eigenvalue weighted by molar-refractivity contribution is 5.83. The van der Waals surface area contributed by atoms with Crippen LogP contribution in [0.3, 0.4) is 0 Å². The zero-order valence-electron chi connectivity index (χ0n) is 13.9. The molecule has 0 amide bonds. The predicted octanol–water partition coefficient (Wildman–Crippen LogP) is 5.17. The Morgan fingerprint density at radius 3 is 2.14 bits per heavy atom. The van der Waals surface area contributed by atoms with Crippen LogP contribution in [0.25, 0.3) is 10.8 Å². The molecule has 1 unspecified atom stereocenters. The summed E-state index contributed by atoms with van der Waals surface area (Å²) in [6.07, 6.45) is 0. The molecule has 0 heterocycles. The zero-order chi connectivity index (χ0) is 15.3. The van der Waals surface area contributed by atoms with E-state index in [1.165, 1.54) is 16.3 Å². The van der Waals surface area contributed by atoms with Crippen LogP contribution < -0.4 is 5.32 Å². The molecule has 0 aromatic heterocycles. The van der Waals surface area contributed by atoms with Gasteiger partial charge >= 0.3 is 0 Å². The van der Waals surface area contributed by atoms with Crippen LogP contribution in [0.1, 0.15) is 46.2 Å². The quantitative estimate of drug-likeness (QED) is 0.815. The summed E-state index contributed by atoms with van der Waals surface area (Å²) in [4.78, 5) is 0. The van der Waals surface area contributed by atoms with Crippen molar-refractivity contribution < 1.29 is 0 Å². The summed E-state index contributed by atoms with van der Waals surface area (Å²) in [6, 6.07) is 16.0. The van der Waals surface area contributed by atoms with Gasteiger partial charge in [0.15, 0.2) is 0 Å². The fraction of sp³-hybridized carbons (Fsp3) is 0.500. The van der Waals surface area contributed by atoms with E-state index in [1.54, 1.807) is 0 Å². The van der Waals surface area contributed by atoms with Crippen LogP contribution in [0.15, 0.2) is 42.5 Å². The lowest BCUT2D eigenvalue weighted by Crippen LogP contribution is -2.25. The lowest BCUT2D eigenvalue weighted by atomic mass is 9.94. The van der Waals surface area contributed by atoms with Crippen molar-refractivity contribution in [3.63, 3.8) is 0 Å². The van der Waals surface area contributed by atoms with Gasteiger partial charge in [-0.05, 0) is 45.7 Å². The molecule has 112 valence electrons. The Bertz CT molecular complexity index is 640. The maximum absolute atomic E-state index is 3.74. The van der Waals surface area contributed by atoms with E-state index >= 15 is 0 Å². The van der Waals surface area contributed by atoms with Gasteiger partial charge in [-0.25, -0.2) is 0 Å². The van der Waals surface area contributed by atoms with E-state index in [9.17, 15) is 0 Å². The zero-order valence-corrected chi connectivity index (χ0v) is 13.9. The molecule has 1 N–H and O–H groups in total. The fourth-order valence-corrected chi connectivity index (χ4v) is 4.13. The average Bonchev–Trinajstić information content (AvgIpc) is 2.86. The maximum atomic E-state index is 3.74. The van der Waals surface area contributed by atoms with Gasteiger partial charge in [0.1, 0.15) is 0 Å². The van der Waals surface area contributed by atoms with Crippen molar-refractivity contribution in [3.8, 4) is 0 Å². The monoisotopic (exact) mass is 281 g/mol. The van der Waals surface area contributed by atoms with Crippen molar-refractivity contribution in [2.75, 3.05) is 6.54 Å². The van der Waals surface area contributed by atoms with E-state index in [0.29, 0.717) is 22.8 Å². The molecule has 1 aliphatic rings. The average molecular weight is 281 g/mol. The van der Waals surface area contributed by atoms with Crippen molar-refractivity contribution in [2.45, 2.75) is 40.7 Å². The van der Waals surface area contributed by atoms with Crippen molar-refractivity contribution in [2.24, 2.45) is 16.7 Å². The van der Waals surface area contributed by atoms with Gasteiger partial charge in [-0.1, -0.05) is 71.0 Å². The van der Waals surface area contributed by atoms with Crippen molar-refractivity contribution in [3.05, 3.63) is 48.0 Å². The first-order chi connectivity index (χ1) is 9.89. The fourth-order valence-electron chi connectivity index (χ4n) is 4.13. The molecule has 0 radical (unpaired) electrons. The second-order valence-electron chi connectivity index (χ2n) is 7.56. The maximum Gasteiger partial charge on any atom is 0.0359 e. The molecule has 1 saturated carbocycles. The van der Waals surface area contributed by atoms with E-state index in [1.807, 2.05) is 0 Å². The third-order valence-electron chi connectivity index (χ3n) is 6.02. The van der Waals surface area contributed by atoms with E-state index < -0.39 is 0 Å². The van der Waals surface area contributed by atoms with Crippen LogP contribution in [-0.4, -0.2) is 6.54 Å². The molecular weight excluding hydrogens is 254 g/mol. The molecule has 1 aliphatic carbocycles. The number of fused-ring (bicyclic) bond motifs is 1. The summed E-state index contributed by atoms with van der Waals surface area (Å²) in [5.41, 5.74) is 2.22. The number of nitrogens with one attached hydrogen (secondary N) is 1. The van der Waals surface area contributed by atoms with Crippen LogP contribution in [-0.2, 0) is 0 Å². The Kier molecular flexibility index (Phi) is 3.37. The summed E-state index contributed by atoms with van der Waals surface area (Å²) in [5.74, 6) is 0.686. The minimum absolute atomic E-state index is 0.394. The molecular formula is C20H27N. The van der Waals surface area contributed by atoms with Crippen LogP contribution in [0.4, 0.5) is 0 Å². The SMILES string of the molecule is CCNC(c1ccc2ccccc2c1)C1C(C)(C)C1(C)C. The van der Waals surface area contributed by atoms with Crippen molar-refractivity contribution in [1.29, 1.82) is 0 Å². The Labute approximate surface area is 128 Å². The molecule has 1 nitrogen and oxygen atoms in total. The largest absolute Gasteiger partial charge is 0.310 e. The number of benzene rings is 2. The number of hydrogen-bond acceptors (Lipinski definition) is 1. The van der Waals surface area contributed by atoms with E-state index in [0.717, 1.165) is 6.54 Å². The molecule has 0 aliphatic heterocycles. The number of rotatable bonds is 4. The van der Waals surface area contributed by atoms with Crippen molar-refractivity contribution >= 4 is 10.8 Å². The van der Waals surface area contributed by atoms with Gasteiger partial charge in [0.2, 0.25) is 0 Å². The standard InChI is InChI=1S/C20H27N/c1-6-21-17(18-19(2,3)20(18,4)5)16-12-11-14-9-7-8-10-15(14)13-16/h7-13,17-18,21H,6H2,1-5H3. The first-order valence-electron chi connectivity index (χ1n) is 8.11. The smallest absolute Gasteiger partial charge is 0.0359 e. The molecule has 2 aromatic rings. The first-order valence-corrected chi connectivity index (χ1v) is 8.11. The topological polar surface area (TPSA) is 12.0 Å². The Morgan fingerprint density at radius 2 is 1.57 bits per heavy atom. The first kappa shape index (κ1) is 14.6. The molecule has 21 heavy (non-hydrogen) atoms. The van der Waals surface area contributed by atoms with Crippen LogP contribution >= 0.6 is 0 Å². The summed E-state index contributed by atoms with van der Waals surface area (Å²) >= 11 is 0. The molecule has 1 heteroatoms. The highest BCUT2D eigenvalue weighted by atomic mass is 15.0. The van der Waals surface area contributed by atoms with E-state index in [2.05, 4.69) is 82.4 Å². The van der Waals surface area contributed by atoms with Crippen LogP contribution in [0.5, 0.6) is 0 Å². The molecule has 2 aromatic carbocycles. The van der Waals surface area contributed by atoms with Gasteiger partial charge in [0.05, 0.1) is 0 Å². The third-order valence-corrected chi connectivity index (χ3v) is 6.02. The highest BCUT2D eigenvalue weighted by Crippen LogP contribution is 2.72. The summed E-state index contributed by atoms with van der Waals surface area (Å²) in [5, 5.41) is 6.40. The van der Waals surface area contributed by atoms with Gasteiger partial charge in [0.25, 0.3) is 0 Å². The Balaban J connectivity index is 2.00. The van der Waals surface area contributed by atoms with Crippen LogP contribution in [0, 0.1) is 16.7 Å². The minimum Gasteiger partial charge on any atom is -0.310 e. The third kappa shape index (κ3) is 2.19. The minimum atomic E-state index is 0.394. The Morgan fingerprint density at radius 1 is 0.952 bits per heavy atom. The lowest BCUT2D eigenvalue weighted by Gasteiger charge is -2.21. The highest BCUT2D eigenvalue weighted by Gasteiger charge is 2.67. The lowest BCUT2D eigenvalue weighted by molar-refractivity contribution is 0.418. The normalized spacial score (nSPS) is 21.4. The summed E-state index contributed by atoms with van der Waals surface area (Å²) < 4.78 is 0. The molecule has 0 bridgehead atoms. The van der Waals surface area contributed by atoms with E-state index in [4.69, 9.17) is 0 Å². The van der Waals surface area contributed by atoms with E-state index in [-0.39, 0.29) is 0 Å². The van der Waals surface area contributed by atoms with Gasteiger partial charge in [-0.15, -0.1) is 0 Å². The predicted molar refractivity (Wildman–Crippen MR) is 91.4 cm³/mol. The second kappa shape index (κ2) is 4.84. The molecule has 0 saturated heterocycles. The Hall–Kier alpha value is -1.34. The van der Waals surface area contributed by atoms with Crippen LogP contribution in [0.2, 0.25) is 0 Å². The molecule has 1 fully saturated rings. The van der Waals surface area contributed by atoms with Gasteiger partial charge in [-0.2, -0.15) is 0 Å². The molecule has 0 spiro atoms. The van der Waals surface area contributed by atoms with Gasteiger partial charge in [0, 0.05) is 6.04 Å².